The Labute approximate surface area is 211 Å². The lowest BCUT2D eigenvalue weighted by molar-refractivity contribution is -0.189. The maximum absolute atomic E-state index is 13.3. The lowest BCUT2D eigenvalue weighted by Crippen LogP contribution is -2.50. The first kappa shape index (κ1) is 26.1. The van der Waals surface area contributed by atoms with Crippen molar-refractivity contribution in [2.45, 2.75) is 24.1 Å². The summed E-state index contributed by atoms with van der Waals surface area (Å²) in [6.07, 6.45) is -5.85. The van der Waals surface area contributed by atoms with E-state index in [-0.39, 0.29) is 16.2 Å². The summed E-state index contributed by atoms with van der Waals surface area (Å²) in [4.78, 5) is 16.7. The van der Waals surface area contributed by atoms with E-state index < -0.39 is 28.0 Å². The van der Waals surface area contributed by atoms with Crippen LogP contribution in [0, 0.1) is 0 Å². The molecule has 1 saturated heterocycles. The minimum absolute atomic E-state index is 0.172. The zero-order valence-electron chi connectivity index (χ0n) is 19.6. The highest BCUT2D eigenvalue weighted by Crippen LogP contribution is 2.31. The molecule has 2 aromatic carbocycles. The van der Waals surface area contributed by atoms with Gasteiger partial charge in [-0.1, -0.05) is 30.0 Å². The molecule has 0 bridgehead atoms. The third kappa shape index (κ3) is 5.89. The van der Waals surface area contributed by atoms with Gasteiger partial charge in [0.15, 0.2) is 21.1 Å². The van der Waals surface area contributed by atoms with E-state index in [9.17, 15) is 26.4 Å². The zero-order chi connectivity index (χ0) is 26.1. The number of carbonyl (C=O) groups excluding carboxylic acids is 1. The van der Waals surface area contributed by atoms with E-state index in [0.717, 1.165) is 42.2 Å². The molecule has 2 aliphatic heterocycles. The van der Waals surface area contributed by atoms with Crippen LogP contribution in [0.5, 0.6) is 5.75 Å². The average molecular weight is 543 g/mol. The molecule has 0 radical (unpaired) electrons. The molecule has 1 fully saturated rings. The summed E-state index contributed by atoms with van der Waals surface area (Å²) in [5.74, 6) is -0.236. The predicted molar refractivity (Wildman–Crippen MR) is 132 cm³/mol. The molecule has 0 unspecified atom stereocenters. The van der Waals surface area contributed by atoms with Crippen LogP contribution in [-0.4, -0.2) is 79.9 Å². The molecule has 4 rings (SSSR count). The van der Waals surface area contributed by atoms with Crippen molar-refractivity contribution in [3.05, 3.63) is 54.1 Å². The van der Waals surface area contributed by atoms with Crippen LogP contribution in [0.4, 0.5) is 18.9 Å². The van der Waals surface area contributed by atoms with Gasteiger partial charge in [-0.05, 0) is 37.3 Å². The number of hydrogen-bond acceptors (Lipinski definition) is 8. The van der Waals surface area contributed by atoms with Gasteiger partial charge in [-0.15, -0.1) is 5.10 Å². The topological polar surface area (TPSA) is 82.5 Å². The van der Waals surface area contributed by atoms with Gasteiger partial charge >= 0.3 is 6.18 Å². The summed E-state index contributed by atoms with van der Waals surface area (Å²) in [6, 6.07) is 13.0. The maximum Gasteiger partial charge on any atom is 0.425 e. The van der Waals surface area contributed by atoms with Gasteiger partial charge < -0.3 is 14.5 Å². The number of anilines is 1. The molecule has 0 spiro atoms. The molecule has 194 valence electrons. The summed E-state index contributed by atoms with van der Waals surface area (Å²) in [5, 5.41) is 7.38. The van der Waals surface area contributed by atoms with Crippen molar-refractivity contribution >= 4 is 38.4 Å². The van der Waals surface area contributed by atoms with Crippen LogP contribution in [0.1, 0.15) is 17.3 Å². The molecular formula is C23H25F3N4O4S2. The fraction of sp³-hybridized carbons (Fsp3) is 0.391. The zero-order valence-corrected chi connectivity index (χ0v) is 21.2. The van der Waals surface area contributed by atoms with E-state index in [4.69, 9.17) is 4.74 Å². The molecule has 36 heavy (non-hydrogen) atoms. The summed E-state index contributed by atoms with van der Waals surface area (Å²) < 4.78 is 68.3. The number of nitrogens with zero attached hydrogens (tertiary/aromatic N) is 4. The Morgan fingerprint density at radius 3 is 2.36 bits per heavy atom. The number of benzene rings is 2. The fourth-order valence-electron chi connectivity index (χ4n) is 3.70. The molecule has 1 amide bonds. The van der Waals surface area contributed by atoms with Crippen LogP contribution >= 0.6 is 11.8 Å². The van der Waals surface area contributed by atoms with Crippen LogP contribution in [0.3, 0.4) is 0 Å². The van der Waals surface area contributed by atoms with Crippen LogP contribution in [0.2, 0.25) is 0 Å². The van der Waals surface area contributed by atoms with Gasteiger partial charge in [0.25, 0.3) is 5.91 Å². The van der Waals surface area contributed by atoms with Gasteiger partial charge in [0.05, 0.1) is 22.0 Å². The summed E-state index contributed by atoms with van der Waals surface area (Å²) in [5.41, 5.74) is 0.755. The number of halogens is 3. The standard InChI is InChI=1S/C23H25F3N4O4S2/c1-16(23(24,25)26)34-20-9-8-18(36(2,32)33)14-19(20)21(31)28-10-12-29(13-11-28)22-27-30(15-35-22)17-6-4-3-5-7-17/h3-9,14,16H,10-13,15H2,1-2H3/t16-/m0/s1. The fourth-order valence-corrected chi connectivity index (χ4v) is 5.32. The molecule has 2 aliphatic rings. The number of ether oxygens (including phenoxy) is 1. The molecule has 0 aromatic heterocycles. The average Bonchev–Trinajstić information content (AvgIpc) is 3.34. The van der Waals surface area contributed by atoms with Gasteiger partial charge in [-0.25, -0.2) is 8.42 Å². The Morgan fingerprint density at radius 2 is 1.75 bits per heavy atom. The van der Waals surface area contributed by atoms with Crippen molar-refractivity contribution < 1.29 is 31.1 Å². The second-order valence-corrected chi connectivity index (χ2v) is 11.3. The first-order chi connectivity index (χ1) is 16.9. The lowest BCUT2D eigenvalue weighted by atomic mass is 10.1. The molecule has 8 nitrogen and oxygen atoms in total. The number of sulfone groups is 1. The number of rotatable bonds is 5. The normalized spacial score (nSPS) is 17.7. The minimum Gasteiger partial charge on any atom is -0.480 e. The highest BCUT2D eigenvalue weighted by molar-refractivity contribution is 8.14. The molecule has 2 aromatic rings. The van der Waals surface area contributed by atoms with Gasteiger partial charge in [-0.2, -0.15) is 13.2 Å². The number of hydrazone groups is 1. The van der Waals surface area contributed by atoms with Crippen LogP contribution in [0.15, 0.2) is 58.5 Å². The van der Waals surface area contributed by atoms with E-state index in [2.05, 4.69) is 5.10 Å². The molecule has 2 heterocycles. The van der Waals surface area contributed by atoms with E-state index in [1.54, 1.807) is 11.8 Å². The maximum atomic E-state index is 13.3. The second-order valence-electron chi connectivity index (χ2n) is 8.40. The van der Waals surface area contributed by atoms with Crippen molar-refractivity contribution in [1.29, 1.82) is 0 Å². The third-order valence-corrected chi connectivity index (χ3v) is 7.87. The van der Waals surface area contributed by atoms with Crippen LogP contribution < -0.4 is 9.75 Å². The van der Waals surface area contributed by atoms with Gasteiger partial charge in [0.2, 0.25) is 0 Å². The van der Waals surface area contributed by atoms with Crippen molar-refractivity contribution in [2.24, 2.45) is 5.10 Å². The number of amidine groups is 1. The summed E-state index contributed by atoms with van der Waals surface area (Å²) in [6.45, 7) is 2.36. The molecular weight excluding hydrogens is 517 g/mol. The van der Waals surface area contributed by atoms with Crippen molar-refractivity contribution in [3.63, 3.8) is 0 Å². The Kier molecular flexibility index (Phi) is 7.41. The largest absolute Gasteiger partial charge is 0.480 e. The number of amides is 1. The Balaban J connectivity index is 1.49. The number of carbonyl (C=O) groups is 1. The first-order valence-electron chi connectivity index (χ1n) is 11.1. The van der Waals surface area contributed by atoms with Gasteiger partial charge in [0, 0.05) is 32.4 Å². The third-order valence-electron chi connectivity index (χ3n) is 5.79. The van der Waals surface area contributed by atoms with E-state index in [1.807, 2.05) is 40.2 Å². The molecule has 0 aliphatic carbocycles. The number of alkyl halides is 3. The van der Waals surface area contributed by atoms with Crippen LogP contribution in [-0.2, 0) is 9.84 Å². The van der Waals surface area contributed by atoms with E-state index in [0.29, 0.717) is 32.1 Å². The number of thioether (sulfide) groups is 1. The Hall–Kier alpha value is -2.93. The SMILES string of the molecule is C[C@H](Oc1ccc(S(C)(=O)=O)cc1C(=O)N1CCN(C2=NN(c3ccccc3)CS2)CC1)C(F)(F)F. The van der Waals surface area contributed by atoms with Crippen molar-refractivity contribution in [2.75, 3.05) is 43.3 Å². The molecule has 13 heteroatoms. The smallest absolute Gasteiger partial charge is 0.425 e. The van der Waals surface area contributed by atoms with Crippen molar-refractivity contribution in [3.8, 4) is 5.75 Å². The monoisotopic (exact) mass is 542 g/mol. The number of piperazine rings is 1. The highest BCUT2D eigenvalue weighted by atomic mass is 32.2. The predicted octanol–water partition coefficient (Wildman–Crippen LogP) is 3.66. The van der Waals surface area contributed by atoms with E-state index >= 15 is 0 Å². The summed E-state index contributed by atoms with van der Waals surface area (Å²) in [7, 11) is -3.69. The van der Waals surface area contributed by atoms with Gasteiger partial charge in [-0.3, -0.25) is 9.80 Å². The van der Waals surface area contributed by atoms with Crippen LogP contribution in [0.25, 0.3) is 0 Å². The van der Waals surface area contributed by atoms with Gasteiger partial charge in [0.1, 0.15) is 5.75 Å². The number of hydrogen-bond donors (Lipinski definition) is 0. The second kappa shape index (κ2) is 10.2. The Bertz CT molecular complexity index is 1250. The number of para-hydroxylation sites is 1. The molecule has 1 atom stereocenters. The van der Waals surface area contributed by atoms with Crippen molar-refractivity contribution in [1.82, 2.24) is 9.80 Å². The molecule has 0 saturated carbocycles. The Morgan fingerprint density at radius 1 is 1.08 bits per heavy atom. The summed E-state index contributed by atoms with van der Waals surface area (Å²) >= 11 is 1.58. The van der Waals surface area contributed by atoms with E-state index in [1.165, 1.54) is 4.90 Å². The lowest BCUT2D eigenvalue weighted by Gasteiger charge is -2.35. The molecule has 0 N–H and O–H groups in total. The minimum atomic E-state index is -4.64. The first-order valence-corrected chi connectivity index (χ1v) is 14.0. The quantitative estimate of drug-likeness (QED) is 0.570. The highest BCUT2D eigenvalue weighted by Gasteiger charge is 2.39.